The van der Waals surface area contributed by atoms with Gasteiger partial charge in [0.1, 0.15) is 0 Å². The van der Waals surface area contributed by atoms with Crippen molar-refractivity contribution in [1.29, 1.82) is 0 Å². The van der Waals surface area contributed by atoms with Gasteiger partial charge in [-0.25, -0.2) is 0 Å². The first kappa shape index (κ1) is 15.4. The molecule has 1 aromatic rings. The lowest BCUT2D eigenvalue weighted by Crippen LogP contribution is -2.35. The normalized spacial score (nSPS) is 17.7. The minimum Gasteiger partial charge on any atom is -0.466 e. The van der Waals surface area contributed by atoms with Gasteiger partial charge in [0.2, 0.25) is 0 Å². The van der Waals surface area contributed by atoms with Crippen molar-refractivity contribution >= 4 is 21.9 Å². The Bertz CT molecular complexity index is 447. The first-order chi connectivity index (χ1) is 9.70. The van der Waals surface area contributed by atoms with Crippen LogP contribution in [0.15, 0.2) is 22.9 Å². The molecule has 1 fully saturated rings. The van der Waals surface area contributed by atoms with Crippen molar-refractivity contribution in [2.24, 2.45) is 0 Å². The van der Waals surface area contributed by atoms with Gasteiger partial charge in [-0.3, -0.25) is 14.7 Å². The third-order valence-corrected chi connectivity index (χ3v) is 4.04. The smallest absolute Gasteiger partial charge is 0.307 e. The molecular formula is C15H21BrN2O2. The maximum Gasteiger partial charge on any atom is 0.307 e. The zero-order chi connectivity index (χ0) is 14.4. The number of carbonyl (C=O) groups is 1. The molecule has 1 aliphatic rings. The van der Waals surface area contributed by atoms with E-state index in [1.54, 1.807) is 6.20 Å². The van der Waals surface area contributed by atoms with Gasteiger partial charge in [0.15, 0.2) is 0 Å². The Morgan fingerprint density at radius 1 is 1.40 bits per heavy atom. The highest BCUT2D eigenvalue weighted by molar-refractivity contribution is 9.10. The quantitative estimate of drug-likeness (QED) is 0.771. The van der Waals surface area contributed by atoms with Crippen molar-refractivity contribution in [2.45, 2.75) is 38.6 Å². The maximum absolute atomic E-state index is 11.9. The Morgan fingerprint density at radius 2 is 2.15 bits per heavy atom. The van der Waals surface area contributed by atoms with E-state index in [-0.39, 0.29) is 12.0 Å². The van der Waals surface area contributed by atoms with Crippen molar-refractivity contribution in [2.75, 3.05) is 19.7 Å². The molecule has 1 atom stereocenters. The van der Waals surface area contributed by atoms with Gasteiger partial charge in [0, 0.05) is 22.9 Å². The average molecular weight is 341 g/mol. The van der Waals surface area contributed by atoms with Crippen molar-refractivity contribution in [3.05, 3.63) is 28.5 Å². The first-order valence-corrected chi connectivity index (χ1v) is 8.00. The fourth-order valence-corrected chi connectivity index (χ4v) is 3.06. The molecule has 0 aliphatic carbocycles. The summed E-state index contributed by atoms with van der Waals surface area (Å²) >= 11 is 3.45. The van der Waals surface area contributed by atoms with Crippen molar-refractivity contribution in [1.82, 2.24) is 9.88 Å². The second-order valence-corrected chi connectivity index (χ2v) is 5.97. The predicted molar refractivity (Wildman–Crippen MR) is 81.4 cm³/mol. The van der Waals surface area contributed by atoms with Crippen LogP contribution in [0.25, 0.3) is 0 Å². The highest BCUT2D eigenvalue weighted by Crippen LogP contribution is 2.29. The number of likely N-dealkylation sites (tertiary alicyclic amines) is 1. The molecule has 2 heterocycles. The highest BCUT2D eigenvalue weighted by Gasteiger charge is 2.25. The molecule has 5 heteroatoms. The largest absolute Gasteiger partial charge is 0.466 e. The highest BCUT2D eigenvalue weighted by atomic mass is 79.9. The van der Waals surface area contributed by atoms with Gasteiger partial charge in [-0.2, -0.15) is 0 Å². The fourth-order valence-electron chi connectivity index (χ4n) is 2.68. The molecule has 1 aliphatic heterocycles. The number of hydrogen-bond acceptors (Lipinski definition) is 4. The number of halogens is 1. The summed E-state index contributed by atoms with van der Waals surface area (Å²) in [5.74, 6) is -0.136. The van der Waals surface area contributed by atoms with Gasteiger partial charge in [-0.05, 0) is 60.4 Å². The third kappa shape index (κ3) is 4.28. The number of ether oxygens (including phenoxy) is 1. The zero-order valence-electron chi connectivity index (χ0n) is 11.8. The van der Waals surface area contributed by atoms with Crippen LogP contribution in [-0.4, -0.2) is 35.5 Å². The van der Waals surface area contributed by atoms with Gasteiger partial charge < -0.3 is 4.74 Å². The molecule has 0 amide bonds. The average Bonchev–Trinajstić information content (AvgIpc) is 2.46. The first-order valence-electron chi connectivity index (χ1n) is 7.21. The summed E-state index contributed by atoms with van der Waals surface area (Å²) in [6.07, 6.45) is 7.68. The van der Waals surface area contributed by atoms with Crippen LogP contribution in [0.4, 0.5) is 0 Å². The number of hydrogen-bond donors (Lipinski definition) is 0. The summed E-state index contributed by atoms with van der Waals surface area (Å²) in [5.41, 5.74) is 1.08. The van der Waals surface area contributed by atoms with E-state index in [1.807, 2.05) is 19.2 Å². The summed E-state index contributed by atoms with van der Waals surface area (Å²) in [7, 11) is 0. The molecule has 0 saturated carbocycles. The molecule has 20 heavy (non-hydrogen) atoms. The number of esters is 1. The predicted octanol–water partition coefficient (Wildman–Crippen LogP) is 3.32. The van der Waals surface area contributed by atoms with Crippen LogP contribution in [0.1, 0.15) is 44.2 Å². The Labute approximate surface area is 128 Å². The molecule has 0 aromatic carbocycles. The summed E-state index contributed by atoms with van der Waals surface area (Å²) in [5, 5.41) is 0. The Hall–Kier alpha value is -0.940. The second kappa shape index (κ2) is 7.74. The molecule has 0 spiro atoms. The number of pyridine rings is 1. The van der Waals surface area contributed by atoms with Gasteiger partial charge in [-0.15, -0.1) is 0 Å². The minimum atomic E-state index is -0.136. The standard InChI is InChI=1S/C15H21BrN2O2/c1-2-20-15(19)9-14(18-6-4-3-5-7-18)12-8-13(16)11-17-10-12/h8,10-11,14H,2-7,9H2,1H3. The summed E-state index contributed by atoms with van der Waals surface area (Å²) in [4.78, 5) is 18.5. The molecule has 1 aromatic heterocycles. The van der Waals surface area contributed by atoms with Crippen molar-refractivity contribution < 1.29 is 9.53 Å². The molecular weight excluding hydrogens is 320 g/mol. The summed E-state index contributed by atoms with van der Waals surface area (Å²) < 4.78 is 6.06. The second-order valence-electron chi connectivity index (χ2n) is 5.06. The van der Waals surface area contributed by atoms with Crippen LogP contribution in [0, 0.1) is 0 Å². The van der Waals surface area contributed by atoms with Crippen LogP contribution < -0.4 is 0 Å². The lowest BCUT2D eigenvalue weighted by Gasteiger charge is -2.34. The number of piperidine rings is 1. The Kier molecular flexibility index (Phi) is 5.98. The fraction of sp³-hybridized carbons (Fsp3) is 0.600. The molecule has 0 bridgehead atoms. The monoisotopic (exact) mass is 340 g/mol. The third-order valence-electron chi connectivity index (χ3n) is 3.61. The van der Waals surface area contributed by atoms with Crippen LogP contribution in [0.3, 0.4) is 0 Å². The lowest BCUT2D eigenvalue weighted by atomic mass is 10.0. The van der Waals surface area contributed by atoms with E-state index in [0.717, 1.165) is 23.1 Å². The van der Waals surface area contributed by atoms with Crippen LogP contribution in [0.5, 0.6) is 0 Å². The van der Waals surface area contributed by atoms with E-state index < -0.39 is 0 Å². The van der Waals surface area contributed by atoms with E-state index in [1.165, 1.54) is 19.3 Å². The maximum atomic E-state index is 11.9. The SMILES string of the molecule is CCOC(=O)CC(c1cncc(Br)c1)N1CCCCC1. The number of carbonyl (C=O) groups excluding carboxylic acids is 1. The van der Waals surface area contributed by atoms with Gasteiger partial charge in [-0.1, -0.05) is 6.42 Å². The molecule has 2 rings (SSSR count). The van der Waals surface area contributed by atoms with Crippen molar-refractivity contribution in [3.8, 4) is 0 Å². The van der Waals surface area contributed by atoms with Crippen LogP contribution >= 0.6 is 15.9 Å². The number of rotatable bonds is 5. The van der Waals surface area contributed by atoms with E-state index in [9.17, 15) is 4.79 Å². The molecule has 0 N–H and O–H groups in total. The molecule has 110 valence electrons. The summed E-state index contributed by atoms with van der Waals surface area (Å²) in [6, 6.07) is 2.12. The number of aromatic nitrogens is 1. The van der Waals surface area contributed by atoms with E-state index >= 15 is 0 Å². The van der Waals surface area contributed by atoms with Crippen molar-refractivity contribution in [3.63, 3.8) is 0 Å². The van der Waals surface area contributed by atoms with Gasteiger partial charge >= 0.3 is 5.97 Å². The van der Waals surface area contributed by atoms with E-state index in [2.05, 4.69) is 25.8 Å². The van der Waals surface area contributed by atoms with E-state index in [0.29, 0.717) is 13.0 Å². The zero-order valence-corrected chi connectivity index (χ0v) is 13.4. The topological polar surface area (TPSA) is 42.4 Å². The summed E-state index contributed by atoms with van der Waals surface area (Å²) in [6.45, 7) is 4.35. The van der Waals surface area contributed by atoms with E-state index in [4.69, 9.17) is 4.74 Å². The van der Waals surface area contributed by atoms with Gasteiger partial charge in [0.05, 0.1) is 13.0 Å². The molecule has 1 unspecified atom stereocenters. The number of nitrogens with zero attached hydrogens (tertiary/aromatic N) is 2. The molecule has 1 saturated heterocycles. The molecule has 0 radical (unpaired) electrons. The molecule has 4 nitrogen and oxygen atoms in total. The Morgan fingerprint density at radius 3 is 2.80 bits per heavy atom. The minimum absolute atomic E-state index is 0.0688. The lowest BCUT2D eigenvalue weighted by molar-refractivity contribution is -0.144. The van der Waals surface area contributed by atoms with Gasteiger partial charge in [0.25, 0.3) is 0 Å². The Balaban J connectivity index is 2.16. The van der Waals surface area contributed by atoms with Crippen LogP contribution in [0.2, 0.25) is 0 Å². The van der Waals surface area contributed by atoms with Crippen LogP contribution in [-0.2, 0) is 9.53 Å².